The van der Waals surface area contributed by atoms with E-state index < -0.39 is 0 Å². The maximum Gasteiger partial charge on any atom is 0.263 e. The summed E-state index contributed by atoms with van der Waals surface area (Å²) in [7, 11) is 0. The SMILES string of the molecule is CCc1ccccc1Nc1nc(C)c(C(=O)NC2CCC(C)CC2)s1. The minimum Gasteiger partial charge on any atom is -0.349 e. The lowest BCUT2D eigenvalue weighted by Crippen LogP contribution is -2.37. The fraction of sp³-hybridized carbons (Fsp3) is 0.500. The van der Waals surface area contributed by atoms with E-state index in [9.17, 15) is 4.79 Å². The predicted molar refractivity (Wildman–Crippen MR) is 105 cm³/mol. The summed E-state index contributed by atoms with van der Waals surface area (Å²) in [6.07, 6.45) is 5.53. The first-order chi connectivity index (χ1) is 12.1. The zero-order chi connectivity index (χ0) is 17.8. The van der Waals surface area contributed by atoms with Gasteiger partial charge in [0.05, 0.1) is 5.69 Å². The highest BCUT2D eigenvalue weighted by Crippen LogP contribution is 2.29. The number of thiazole rings is 1. The first kappa shape index (κ1) is 17.9. The van der Waals surface area contributed by atoms with Crippen molar-refractivity contribution in [1.82, 2.24) is 10.3 Å². The number of carbonyl (C=O) groups excluding carboxylic acids is 1. The second-order valence-corrected chi connectivity index (χ2v) is 8.00. The number of carbonyl (C=O) groups is 1. The van der Waals surface area contributed by atoms with Crippen molar-refractivity contribution in [2.24, 2.45) is 5.92 Å². The van der Waals surface area contributed by atoms with Crippen LogP contribution in [0.2, 0.25) is 0 Å². The molecule has 1 aliphatic rings. The molecule has 0 radical (unpaired) electrons. The molecule has 5 heteroatoms. The molecule has 0 atom stereocenters. The van der Waals surface area contributed by atoms with Crippen molar-refractivity contribution in [2.75, 3.05) is 5.32 Å². The number of para-hydroxylation sites is 1. The van der Waals surface area contributed by atoms with Gasteiger partial charge in [-0.15, -0.1) is 0 Å². The van der Waals surface area contributed by atoms with Gasteiger partial charge in [-0.1, -0.05) is 43.4 Å². The predicted octanol–water partition coefficient (Wildman–Crippen LogP) is 5.07. The molecule has 2 N–H and O–H groups in total. The molecule has 1 saturated carbocycles. The van der Waals surface area contributed by atoms with Gasteiger partial charge >= 0.3 is 0 Å². The van der Waals surface area contributed by atoms with Crippen LogP contribution >= 0.6 is 11.3 Å². The van der Waals surface area contributed by atoms with Gasteiger partial charge in [-0.05, 0) is 56.6 Å². The van der Waals surface area contributed by atoms with Crippen LogP contribution in [0, 0.1) is 12.8 Å². The number of benzene rings is 1. The Morgan fingerprint density at radius 1 is 1.24 bits per heavy atom. The maximum absolute atomic E-state index is 12.6. The van der Waals surface area contributed by atoms with Crippen molar-refractivity contribution in [3.8, 4) is 0 Å². The number of amides is 1. The van der Waals surface area contributed by atoms with Crippen molar-refractivity contribution < 1.29 is 4.79 Å². The van der Waals surface area contributed by atoms with Crippen LogP contribution in [0.3, 0.4) is 0 Å². The zero-order valence-electron chi connectivity index (χ0n) is 15.3. The highest BCUT2D eigenvalue weighted by Gasteiger charge is 2.22. The van der Waals surface area contributed by atoms with Crippen molar-refractivity contribution in [1.29, 1.82) is 0 Å². The van der Waals surface area contributed by atoms with E-state index in [4.69, 9.17) is 0 Å². The normalized spacial score (nSPS) is 20.3. The van der Waals surface area contributed by atoms with Crippen LogP contribution < -0.4 is 10.6 Å². The average Bonchev–Trinajstić information content (AvgIpc) is 2.98. The number of aromatic nitrogens is 1. The smallest absolute Gasteiger partial charge is 0.263 e. The van der Waals surface area contributed by atoms with E-state index in [1.807, 2.05) is 19.1 Å². The molecule has 134 valence electrons. The topological polar surface area (TPSA) is 54.0 Å². The Morgan fingerprint density at radius 2 is 1.96 bits per heavy atom. The summed E-state index contributed by atoms with van der Waals surface area (Å²) >= 11 is 1.44. The van der Waals surface area contributed by atoms with Gasteiger partial charge in [0.2, 0.25) is 0 Å². The lowest BCUT2D eigenvalue weighted by Gasteiger charge is -2.26. The van der Waals surface area contributed by atoms with Gasteiger partial charge in [0.15, 0.2) is 5.13 Å². The van der Waals surface area contributed by atoms with Crippen molar-refractivity contribution in [2.45, 2.75) is 58.9 Å². The molecule has 1 aromatic carbocycles. The van der Waals surface area contributed by atoms with E-state index in [0.717, 1.165) is 46.6 Å². The molecule has 1 amide bonds. The van der Waals surface area contributed by atoms with Crippen LogP contribution in [0.15, 0.2) is 24.3 Å². The summed E-state index contributed by atoms with van der Waals surface area (Å²) in [4.78, 5) is 17.9. The van der Waals surface area contributed by atoms with E-state index in [1.165, 1.54) is 29.7 Å². The molecule has 1 aromatic heterocycles. The molecule has 1 fully saturated rings. The third-order valence-electron chi connectivity index (χ3n) is 4.99. The summed E-state index contributed by atoms with van der Waals surface area (Å²) in [5.41, 5.74) is 3.10. The van der Waals surface area contributed by atoms with Crippen LogP contribution in [0.5, 0.6) is 0 Å². The van der Waals surface area contributed by atoms with Crippen LogP contribution in [0.25, 0.3) is 0 Å². The van der Waals surface area contributed by atoms with Gasteiger partial charge in [-0.25, -0.2) is 4.98 Å². The molecular formula is C20H27N3OS. The number of nitrogens with one attached hydrogen (secondary N) is 2. The molecule has 3 rings (SSSR count). The molecule has 0 aliphatic heterocycles. The van der Waals surface area contributed by atoms with E-state index in [2.05, 4.69) is 41.6 Å². The summed E-state index contributed by atoms with van der Waals surface area (Å²) in [5, 5.41) is 7.35. The minimum absolute atomic E-state index is 0.0198. The lowest BCUT2D eigenvalue weighted by atomic mass is 9.87. The van der Waals surface area contributed by atoms with Crippen LogP contribution in [0.4, 0.5) is 10.8 Å². The highest BCUT2D eigenvalue weighted by atomic mass is 32.1. The van der Waals surface area contributed by atoms with Crippen LogP contribution in [-0.2, 0) is 6.42 Å². The lowest BCUT2D eigenvalue weighted by molar-refractivity contribution is 0.0926. The van der Waals surface area contributed by atoms with Crippen molar-refractivity contribution in [3.05, 3.63) is 40.4 Å². The van der Waals surface area contributed by atoms with E-state index in [-0.39, 0.29) is 5.91 Å². The minimum atomic E-state index is 0.0198. The molecule has 1 aliphatic carbocycles. The van der Waals surface area contributed by atoms with Gasteiger partial charge in [0, 0.05) is 11.7 Å². The van der Waals surface area contributed by atoms with Crippen molar-refractivity contribution in [3.63, 3.8) is 0 Å². The van der Waals surface area contributed by atoms with Gasteiger partial charge in [0.1, 0.15) is 4.88 Å². The Morgan fingerprint density at radius 3 is 2.68 bits per heavy atom. The summed E-state index contributed by atoms with van der Waals surface area (Å²) in [6.45, 7) is 6.33. The number of rotatable bonds is 5. The first-order valence-electron chi connectivity index (χ1n) is 9.20. The average molecular weight is 358 g/mol. The van der Waals surface area contributed by atoms with Gasteiger partial charge in [-0.3, -0.25) is 4.79 Å². The third-order valence-corrected chi connectivity index (χ3v) is 6.07. The summed E-state index contributed by atoms with van der Waals surface area (Å²) in [6, 6.07) is 8.53. The molecule has 2 aromatic rings. The third kappa shape index (κ3) is 4.40. The standard InChI is InChI=1S/C20H27N3OS/c1-4-15-7-5-6-8-17(15)23-20-21-14(3)18(25-20)19(24)22-16-11-9-13(2)10-12-16/h5-8,13,16H,4,9-12H2,1-3H3,(H,21,23)(H,22,24). The number of hydrogen-bond donors (Lipinski definition) is 2. The number of aryl methyl sites for hydroxylation is 2. The quantitative estimate of drug-likeness (QED) is 0.786. The molecule has 0 spiro atoms. The Balaban J connectivity index is 1.68. The van der Waals surface area contributed by atoms with Gasteiger partial charge in [-0.2, -0.15) is 0 Å². The monoisotopic (exact) mass is 357 g/mol. The number of anilines is 2. The molecule has 4 nitrogen and oxygen atoms in total. The summed E-state index contributed by atoms with van der Waals surface area (Å²) in [5.74, 6) is 0.805. The Kier molecular flexibility index (Phi) is 5.74. The van der Waals surface area contributed by atoms with Gasteiger partial charge in [0.25, 0.3) is 5.91 Å². The molecule has 0 saturated heterocycles. The molecule has 0 bridgehead atoms. The fourth-order valence-electron chi connectivity index (χ4n) is 3.38. The van der Waals surface area contributed by atoms with E-state index in [1.54, 1.807) is 0 Å². The first-order valence-corrected chi connectivity index (χ1v) is 10.0. The van der Waals surface area contributed by atoms with Gasteiger partial charge < -0.3 is 10.6 Å². The number of hydrogen-bond acceptors (Lipinski definition) is 4. The Hall–Kier alpha value is -1.88. The molecule has 25 heavy (non-hydrogen) atoms. The van der Waals surface area contributed by atoms with Crippen molar-refractivity contribution >= 4 is 28.1 Å². The number of nitrogens with zero attached hydrogens (tertiary/aromatic N) is 1. The fourth-order valence-corrected chi connectivity index (χ4v) is 4.26. The second-order valence-electron chi connectivity index (χ2n) is 7.00. The molecular weight excluding hydrogens is 330 g/mol. The maximum atomic E-state index is 12.6. The Labute approximate surface area is 154 Å². The summed E-state index contributed by atoms with van der Waals surface area (Å²) < 4.78 is 0. The zero-order valence-corrected chi connectivity index (χ0v) is 16.1. The van der Waals surface area contributed by atoms with E-state index >= 15 is 0 Å². The second kappa shape index (κ2) is 8.00. The van der Waals surface area contributed by atoms with Crippen LogP contribution in [-0.4, -0.2) is 16.9 Å². The Bertz CT molecular complexity index is 732. The molecule has 1 heterocycles. The van der Waals surface area contributed by atoms with Crippen LogP contribution in [0.1, 0.15) is 60.5 Å². The molecule has 0 unspecified atom stereocenters. The largest absolute Gasteiger partial charge is 0.349 e. The highest BCUT2D eigenvalue weighted by molar-refractivity contribution is 7.17. The van der Waals surface area contributed by atoms with E-state index in [0.29, 0.717) is 6.04 Å².